The number of hydrogen-bond donors (Lipinski definition) is 0. The van der Waals surface area contributed by atoms with Crippen molar-refractivity contribution in [1.29, 1.82) is 0 Å². The average Bonchev–Trinajstić information content (AvgIpc) is 2.83. The summed E-state index contributed by atoms with van der Waals surface area (Å²) in [4.78, 5) is 16.4. The van der Waals surface area contributed by atoms with Crippen LogP contribution in [0.5, 0.6) is 0 Å². The van der Waals surface area contributed by atoms with E-state index in [9.17, 15) is 18.0 Å². The minimum absolute atomic E-state index is 0.0157. The van der Waals surface area contributed by atoms with Crippen LogP contribution in [0.25, 0.3) is 12.2 Å². The van der Waals surface area contributed by atoms with Gasteiger partial charge in [-0.25, -0.2) is 0 Å². The molecular formula is C19H16ClF3N2O. The van der Waals surface area contributed by atoms with Crippen LogP contribution in [0.1, 0.15) is 22.3 Å². The van der Waals surface area contributed by atoms with Gasteiger partial charge in [-0.05, 0) is 53.3 Å². The molecule has 1 amide bonds. The second-order valence-electron chi connectivity index (χ2n) is 6.00. The molecule has 0 spiro atoms. The number of benzene rings is 1. The number of carbonyl (C=O) groups is 1. The van der Waals surface area contributed by atoms with Crippen molar-refractivity contribution in [1.82, 2.24) is 9.88 Å². The van der Waals surface area contributed by atoms with Gasteiger partial charge in [0.15, 0.2) is 0 Å². The molecule has 2 heterocycles. The molecule has 0 N–H and O–H groups in total. The normalized spacial score (nSPS) is 15.0. The molecule has 1 aliphatic heterocycles. The summed E-state index contributed by atoms with van der Waals surface area (Å²) >= 11 is 6.33. The van der Waals surface area contributed by atoms with Crippen LogP contribution < -0.4 is 0 Å². The van der Waals surface area contributed by atoms with E-state index in [4.69, 9.17) is 11.6 Å². The maximum atomic E-state index is 12.7. The largest absolute Gasteiger partial charge is 0.471 e. The number of pyridine rings is 1. The Morgan fingerprint density at radius 3 is 2.46 bits per heavy atom. The van der Waals surface area contributed by atoms with Crippen molar-refractivity contribution in [2.45, 2.75) is 19.0 Å². The van der Waals surface area contributed by atoms with Crippen molar-refractivity contribution in [3.63, 3.8) is 0 Å². The van der Waals surface area contributed by atoms with Gasteiger partial charge < -0.3 is 4.90 Å². The predicted octanol–water partition coefficient (Wildman–Crippen LogP) is 4.39. The minimum Gasteiger partial charge on any atom is -0.334 e. The van der Waals surface area contributed by atoms with E-state index in [1.807, 2.05) is 30.4 Å². The fourth-order valence-electron chi connectivity index (χ4n) is 3.04. The molecular weight excluding hydrogens is 365 g/mol. The highest BCUT2D eigenvalue weighted by Gasteiger charge is 2.42. The molecule has 0 fully saturated rings. The number of fused-ring (bicyclic) bond motifs is 1. The highest BCUT2D eigenvalue weighted by Crippen LogP contribution is 2.29. The monoisotopic (exact) mass is 380 g/mol. The number of amides is 1. The van der Waals surface area contributed by atoms with E-state index in [0.717, 1.165) is 27.2 Å². The summed E-state index contributed by atoms with van der Waals surface area (Å²) in [5.74, 6) is -1.79. The molecule has 1 aromatic heterocycles. The molecule has 0 saturated heterocycles. The number of alkyl halides is 3. The van der Waals surface area contributed by atoms with Crippen molar-refractivity contribution in [3.05, 3.63) is 63.9 Å². The third-order valence-electron chi connectivity index (χ3n) is 4.36. The number of hydrogen-bond acceptors (Lipinski definition) is 2. The summed E-state index contributed by atoms with van der Waals surface area (Å²) in [6, 6.07) is 7.25. The summed E-state index contributed by atoms with van der Waals surface area (Å²) < 4.78 is 38.2. The highest BCUT2D eigenvalue weighted by molar-refractivity contribution is 6.32. The van der Waals surface area contributed by atoms with Gasteiger partial charge >= 0.3 is 12.1 Å². The fraction of sp³-hybridized carbons (Fsp3) is 0.263. The van der Waals surface area contributed by atoms with Crippen molar-refractivity contribution in [2.24, 2.45) is 0 Å². The molecule has 7 heteroatoms. The van der Waals surface area contributed by atoms with Crippen molar-refractivity contribution < 1.29 is 18.0 Å². The van der Waals surface area contributed by atoms with Crippen LogP contribution in [0.2, 0.25) is 5.02 Å². The Morgan fingerprint density at radius 1 is 1.08 bits per heavy atom. The third-order valence-corrected chi connectivity index (χ3v) is 4.69. The summed E-state index contributed by atoms with van der Waals surface area (Å²) in [5, 5.41) is 0.532. The first-order valence-corrected chi connectivity index (χ1v) is 8.48. The summed E-state index contributed by atoms with van der Waals surface area (Å²) in [6.07, 6.45) is 2.93. The molecule has 3 rings (SSSR count). The highest BCUT2D eigenvalue weighted by atomic mass is 35.5. The summed E-state index contributed by atoms with van der Waals surface area (Å²) in [5.41, 5.74) is 3.53. The molecule has 1 aromatic carbocycles. The van der Waals surface area contributed by atoms with Gasteiger partial charge in [0.05, 0.1) is 0 Å². The van der Waals surface area contributed by atoms with Gasteiger partial charge in [0.1, 0.15) is 0 Å². The van der Waals surface area contributed by atoms with Crippen LogP contribution in [-0.4, -0.2) is 35.1 Å². The van der Waals surface area contributed by atoms with Gasteiger partial charge in [-0.2, -0.15) is 13.2 Å². The Hall–Kier alpha value is -2.34. The van der Waals surface area contributed by atoms with Crippen LogP contribution in [0.4, 0.5) is 13.2 Å². The topological polar surface area (TPSA) is 33.2 Å². The second kappa shape index (κ2) is 7.50. The van der Waals surface area contributed by atoms with Crippen LogP contribution in [0.3, 0.4) is 0 Å². The molecule has 2 aromatic rings. The van der Waals surface area contributed by atoms with E-state index < -0.39 is 12.1 Å². The lowest BCUT2D eigenvalue weighted by Crippen LogP contribution is -2.42. The molecule has 3 nitrogen and oxygen atoms in total. The fourth-order valence-corrected chi connectivity index (χ4v) is 3.28. The Bertz CT molecular complexity index is 835. The zero-order valence-electron chi connectivity index (χ0n) is 13.8. The van der Waals surface area contributed by atoms with Gasteiger partial charge in [-0.3, -0.25) is 9.78 Å². The van der Waals surface area contributed by atoms with E-state index in [1.165, 1.54) is 0 Å². The molecule has 0 atom stereocenters. The van der Waals surface area contributed by atoms with Crippen LogP contribution in [0.15, 0.2) is 36.7 Å². The Balaban J connectivity index is 1.88. The molecule has 26 heavy (non-hydrogen) atoms. The number of halogens is 4. The van der Waals surface area contributed by atoms with Crippen molar-refractivity contribution >= 4 is 29.7 Å². The lowest BCUT2D eigenvalue weighted by atomic mass is 9.96. The lowest BCUT2D eigenvalue weighted by Gasteiger charge is -2.21. The Morgan fingerprint density at radius 2 is 1.77 bits per heavy atom. The van der Waals surface area contributed by atoms with Crippen molar-refractivity contribution in [2.75, 3.05) is 13.1 Å². The van der Waals surface area contributed by atoms with Gasteiger partial charge in [-0.15, -0.1) is 0 Å². The van der Waals surface area contributed by atoms with Crippen molar-refractivity contribution in [3.8, 4) is 0 Å². The van der Waals surface area contributed by atoms with Crippen LogP contribution in [-0.2, 0) is 17.6 Å². The number of aromatic nitrogens is 1. The molecule has 0 bridgehead atoms. The second-order valence-corrected chi connectivity index (χ2v) is 6.41. The summed E-state index contributed by atoms with van der Waals surface area (Å²) in [6.45, 7) is 0.0578. The maximum absolute atomic E-state index is 12.7. The minimum atomic E-state index is -4.85. The lowest BCUT2D eigenvalue weighted by molar-refractivity contribution is -0.185. The van der Waals surface area contributed by atoms with E-state index >= 15 is 0 Å². The van der Waals surface area contributed by atoms with Crippen LogP contribution in [0, 0.1) is 0 Å². The third kappa shape index (κ3) is 4.07. The molecule has 0 aliphatic carbocycles. The molecule has 1 aliphatic rings. The zero-order valence-corrected chi connectivity index (χ0v) is 14.5. The molecule has 0 unspecified atom stereocenters. The van der Waals surface area contributed by atoms with E-state index in [2.05, 4.69) is 4.98 Å². The quantitative estimate of drug-likeness (QED) is 0.774. The number of carbonyl (C=O) groups excluding carboxylic acids is 1. The zero-order chi connectivity index (χ0) is 18.7. The van der Waals surface area contributed by atoms with Gasteiger partial charge in [0.25, 0.3) is 0 Å². The smallest absolute Gasteiger partial charge is 0.334 e. The first-order valence-electron chi connectivity index (χ1n) is 8.11. The number of nitrogens with zero attached hydrogens (tertiary/aromatic N) is 2. The average molecular weight is 381 g/mol. The predicted molar refractivity (Wildman–Crippen MR) is 94.7 cm³/mol. The SMILES string of the molecule is O=C(N1CCc2ccc(Cl)c(/C=C\c3ccncc3)c2CC1)C(F)(F)F. The van der Waals surface area contributed by atoms with Crippen LogP contribution >= 0.6 is 11.6 Å². The van der Waals surface area contributed by atoms with E-state index in [-0.39, 0.29) is 13.1 Å². The van der Waals surface area contributed by atoms with E-state index in [1.54, 1.807) is 18.5 Å². The molecule has 0 saturated carbocycles. The Kier molecular flexibility index (Phi) is 5.32. The summed E-state index contributed by atoms with van der Waals surface area (Å²) in [7, 11) is 0. The number of rotatable bonds is 2. The van der Waals surface area contributed by atoms with E-state index in [0.29, 0.717) is 17.9 Å². The van der Waals surface area contributed by atoms with Gasteiger partial charge in [0, 0.05) is 30.5 Å². The standard InChI is InChI=1S/C19H16ClF3N2O/c20-17-4-2-14-7-11-25(18(26)19(21,22)23)12-8-15(14)16(17)3-1-13-5-9-24-10-6-13/h1-6,9-10H,7-8,11-12H2/b3-1-. The van der Waals surface area contributed by atoms with Gasteiger partial charge in [-0.1, -0.05) is 29.8 Å². The van der Waals surface area contributed by atoms with Gasteiger partial charge in [0.2, 0.25) is 0 Å². The maximum Gasteiger partial charge on any atom is 0.471 e. The first-order chi connectivity index (χ1) is 12.4. The molecule has 136 valence electrons. The Labute approximate surface area is 154 Å². The molecule has 0 radical (unpaired) electrons. The first kappa shape index (κ1) is 18.5.